The van der Waals surface area contributed by atoms with Gasteiger partial charge >= 0.3 is 0 Å². The Labute approximate surface area is 151 Å². The Hall–Kier alpha value is -3.53. The maximum absolute atomic E-state index is 5.73. The van der Waals surface area contributed by atoms with E-state index in [0.717, 1.165) is 40.5 Å². The number of aromatic nitrogens is 2. The van der Waals surface area contributed by atoms with E-state index in [-0.39, 0.29) is 0 Å². The minimum atomic E-state index is 0.744. The van der Waals surface area contributed by atoms with Gasteiger partial charge in [-0.3, -0.25) is 4.98 Å². The highest BCUT2D eigenvalue weighted by Gasteiger charge is 2.23. The van der Waals surface area contributed by atoms with Crippen LogP contribution in [0.4, 0.5) is 0 Å². The molecular weight excluding hydrogens is 322 g/mol. The van der Waals surface area contributed by atoms with E-state index < -0.39 is 0 Å². The van der Waals surface area contributed by atoms with Gasteiger partial charge in [-0.1, -0.05) is 30.3 Å². The summed E-state index contributed by atoms with van der Waals surface area (Å²) in [4.78, 5) is 7.74. The zero-order chi connectivity index (χ0) is 17.3. The molecule has 0 unspecified atom stereocenters. The fourth-order valence-corrected chi connectivity index (χ4v) is 3.47. The van der Waals surface area contributed by atoms with Crippen molar-refractivity contribution in [3.8, 4) is 22.6 Å². The van der Waals surface area contributed by atoms with Gasteiger partial charge in [-0.05, 0) is 35.9 Å². The van der Waals surface area contributed by atoms with Gasteiger partial charge in [0.25, 0.3) is 0 Å². The number of benzene rings is 1. The number of H-pyrrole nitrogens is 1. The van der Waals surface area contributed by atoms with Gasteiger partial charge in [0.1, 0.15) is 5.76 Å². The summed E-state index contributed by atoms with van der Waals surface area (Å²) in [6.45, 7) is 0.744. The van der Waals surface area contributed by atoms with Crippen LogP contribution < -0.4 is 5.32 Å². The zero-order valence-corrected chi connectivity index (χ0v) is 14.1. The molecule has 0 aliphatic carbocycles. The average Bonchev–Trinajstić information content (AvgIpc) is 3.36. The zero-order valence-electron chi connectivity index (χ0n) is 14.1. The summed E-state index contributed by atoms with van der Waals surface area (Å²) in [5, 5.41) is 3.55. The van der Waals surface area contributed by atoms with Gasteiger partial charge in [0.15, 0.2) is 0 Å². The predicted molar refractivity (Wildman–Crippen MR) is 103 cm³/mol. The third-order valence-corrected chi connectivity index (χ3v) is 4.70. The van der Waals surface area contributed by atoms with Crippen molar-refractivity contribution in [2.45, 2.75) is 6.54 Å². The second-order valence-electron chi connectivity index (χ2n) is 6.26. The summed E-state index contributed by atoms with van der Waals surface area (Å²) in [6, 6.07) is 18.3. The Balaban J connectivity index is 1.70. The number of hydrogen-bond acceptors (Lipinski definition) is 3. The minimum Gasteiger partial charge on any atom is -0.464 e. The molecule has 0 saturated carbocycles. The fraction of sp³-hybridized carbons (Fsp3) is 0.0455. The van der Waals surface area contributed by atoms with Crippen LogP contribution in [0, 0.1) is 0 Å². The Morgan fingerprint density at radius 3 is 2.50 bits per heavy atom. The molecular formula is C22H17N3O. The van der Waals surface area contributed by atoms with Crippen LogP contribution in [0.5, 0.6) is 0 Å². The highest BCUT2D eigenvalue weighted by atomic mass is 16.3. The molecule has 0 spiro atoms. The van der Waals surface area contributed by atoms with Crippen LogP contribution in [0.25, 0.3) is 34.4 Å². The first-order chi connectivity index (χ1) is 12.9. The molecule has 5 rings (SSSR count). The first-order valence-electron chi connectivity index (χ1n) is 8.60. The number of hydrogen-bond donors (Lipinski definition) is 2. The molecule has 1 aliphatic rings. The number of aromatic amines is 1. The van der Waals surface area contributed by atoms with E-state index in [2.05, 4.69) is 45.6 Å². The largest absolute Gasteiger partial charge is 0.464 e. The lowest BCUT2D eigenvalue weighted by Gasteiger charge is -2.17. The lowest BCUT2D eigenvalue weighted by Crippen LogP contribution is -2.16. The topological polar surface area (TPSA) is 53.9 Å². The van der Waals surface area contributed by atoms with Crippen LogP contribution in [0.2, 0.25) is 0 Å². The number of rotatable bonds is 3. The third kappa shape index (κ3) is 2.43. The molecule has 3 aromatic heterocycles. The van der Waals surface area contributed by atoms with Gasteiger partial charge in [-0.25, -0.2) is 0 Å². The van der Waals surface area contributed by atoms with Crippen molar-refractivity contribution in [2.24, 2.45) is 0 Å². The Bertz CT molecular complexity index is 1060. The van der Waals surface area contributed by atoms with Crippen LogP contribution in [0.15, 0.2) is 77.7 Å². The number of nitrogens with one attached hydrogen (secondary N) is 2. The van der Waals surface area contributed by atoms with Crippen molar-refractivity contribution in [1.82, 2.24) is 15.3 Å². The van der Waals surface area contributed by atoms with Crippen LogP contribution in [0.3, 0.4) is 0 Å². The molecule has 0 bridgehead atoms. The predicted octanol–water partition coefficient (Wildman–Crippen LogP) is 4.94. The van der Waals surface area contributed by atoms with Crippen LogP contribution in [0.1, 0.15) is 16.8 Å². The summed E-state index contributed by atoms with van der Waals surface area (Å²) in [6.07, 6.45) is 7.51. The summed E-state index contributed by atoms with van der Waals surface area (Å²) in [5.41, 5.74) is 7.87. The number of nitrogens with zero attached hydrogens (tertiary/aromatic N) is 1. The molecule has 0 fully saturated rings. The monoisotopic (exact) mass is 339 g/mol. The highest BCUT2D eigenvalue weighted by molar-refractivity contribution is 5.90. The molecule has 1 aliphatic heterocycles. The van der Waals surface area contributed by atoms with E-state index in [1.54, 1.807) is 6.26 Å². The smallest absolute Gasteiger partial charge is 0.136 e. The van der Waals surface area contributed by atoms with Gasteiger partial charge in [-0.2, -0.15) is 0 Å². The molecule has 4 aromatic rings. The second-order valence-corrected chi connectivity index (χ2v) is 6.26. The molecule has 1 aromatic carbocycles. The molecule has 4 heteroatoms. The highest BCUT2D eigenvalue weighted by Crippen LogP contribution is 2.39. The van der Waals surface area contributed by atoms with Crippen molar-refractivity contribution in [3.63, 3.8) is 0 Å². The van der Waals surface area contributed by atoms with Crippen molar-refractivity contribution < 1.29 is 4.42 Å². The van der Waals surface area contributed by atoms with Gasteiger partial charge in [-0.15, -0.1) is 0 Å². The molecule has 126 valence electrons. The normalized spacial score (nSPS) is 13.0. The lowest BCUT2D eigenvalue weighted by molar-refractivity contribution is 0.581. The molecule has 4 heterocycles. The van der Waals surface area contributed by atoms with E-state index in [1.165, 1.54) is 11.1 Å². The number of furan rings is 1. The molecule has 4 nitrogen and oxygen atoms in total. The number of fused-ring (bicyclic) bond motifs is 1. The number of pyridine rings is 1. The Morgan fingerprint density at radius 1 is 0.885 bits per heavy atom. The van der Waals surface area contributed by atoms with E-state index in [0.29, 0.717) is 0 Å². The summed E-state index contributed by atoms with van der Waals surface area (Å²) >= 11 is 0. The van der Waals surface area contributed by atoms with E-state index >= 15 is 0 Å². The van der Waals surface area contributed by atoms with Crippen molar-refractivity contribution >= 4 is 11.8 Å². The first kappa shape index (κ1) is 14.8. The van der Waals surface area contributed by atoms with Crippen molar-refractivity contribution in [3.05, 3.63) is 90.1 Å². The third-order valence-electron chi connectivity index (χ3n) is 4.70. The Morgan fingerprint density at radius 2 is 1.73 bits per heavy atom. The SMILES string of the molecule is C1=C(c2ccccc2)NCc2c1[nH]c(-c1ccncc1)c2-c1ccco1. The molecule has 0 atom stereocenters. The fourth-order valence-electron chi connectivity index (χ4n) is 3.47. The second kappa shape index (κ2) is 6.08. The molecule has 2 N–H and O–H groups in total. The maximum atomic E-state index is 5.73. The molecule has 0 saturated heterocycles. The first-order valence-corrected chi connectivity index (χ1v) is 8.60. The average molecular weight is 339 g/mol. The van der Waals surface area contributed by atoms with Crippen LogP contribution >= 0.6 is 0 Å². The van der Waals surface area contributed by atoms with Gasteiger partial charge in [0.05, 0.1) is 12.0 Å². The molecule has 0 amide bonds. The van der Waals surface area contributed by atoms with Crippen LogP contribution in [-0.4, -0.2) is 9.97 Å². The summed E-state index contributed by atoms with van der Waals surface area (Å²) in [5.74, 6) is 0.868. The van der Waals surface area contributed by atoms with Gasteiger partial charge < -0.3 is 14.7 Å². The molecule has 26 heavy (non-hydrogen) atoms. The summed E-state index contributed by atoms with van der Waals surface area (Å²) in [7, 11) is 0. The summed E-state index contributed by atoms with van der Waals surface area (Å²) < 4.78 is 5.73. The maximum Gasteiger partial charge on any atom is 0.136 e. The van der Waals surface area contributed by atoms with Crippen LogP contribution in [-0.2, 0) is 6.54 Å². The van der Waals surface area contributed by atoms with E-state index in [1.807, 2.05) is 42.7 Å². The molecule has 0 radical (unpaired) electrons. The van der Waals surface area contributed by atoms with Gasteiger partial charge in [0, 0.05) is 47.0 Å². The van der Waals surface area contributed by atoms with Crippen molar-refractivity contribution in [1.29, 1.82) is 0 Å². The van der Waals surface area contributed by atoms with E-state index in [9.17, 15) is 0 Å². The van der Waals surface area contributed by atoms with E-state index in [4.69, 9.17) is 4.42 Å². The lowest BCUT2D eigenvalue weighted by atomic mass is 9.99. The quantitative estimate of drug-likeness (QED) is 0.556. The standard InChI is InChI=1S/C22H17N3O/c1-2-5-15(6-3-1)18-13-19-17(14-24-18)21(20-7-4-12-26-20)22(25-19)16-8-10-23-11-9-16/h1-13,24-25H,14H2. The minimum absolute atomic E-state index is 0.744. The Kier molecular flexibility index (Phi) is 3.46. The van der Waals surface area contributed by atoms with Crippen molar-refractivity contribution in [2.75, 3.05) is 0 Å². The van der Waals surface area contributed by atoms with Gasteiger partial charge in [0.2, 0.25) is 0 Å².